The number of hydrogen-bond acceptors (Lipinski definition) is 3. The SMILES string of the molecule is CC1(C)Cc2[nH]cc(C(=O)Nc3ccncc3)c2-c2nccn21. The number of fused-ring (bicyclic) bond motifs is 3. The van der Waals surface area contributed by atoms with Gasteiger partial charge in [-0.3, -0.25) is 9.78 Å². The molecule has 3 aromatic rings. The molecule has 0 spiro atoms. The first kappa shape index (κ1) is 13.8. The Morgan fingerprint density at radius 1 is 1.30 bits per heavy atom. The minimum Gasteiger partial charge on any atom is -0.364 e. The Bertz CT molecular complexity index is 876. The molecule has 0 aromatic carbocycles. The zero-order valence-corrected chi connectivity index (χ0v) is 13.0. The first-order valence-corrected chi connectivity index (χ1v) is 7.52. The number of rotatable bonds is 2. The summed E-state index contributed by atoms with van der Waals surface area (Å²) in [5, 5.41) is 2.90. The van der Waals surface area contributed by atoms with Gasteiger partial charge in [0.05, 0.1) is 11.1 Å². The fraction of sp³-hybridized carbons (Fsp3) is 0.235. The molecule has 0 saturated heterocycles. The van der Waals surface area contributed by atoms with Gasteiger partial charge in [-0.25, -0.2) is 4.98 Å². The van der Waals surface area contributed by atoms with Crippen molar-refractivity contribution in [1.29, 1.82) is 0 Å². The number of carbonyl (C=O) groups excluding carboxylic acids is 1. The molecule has 0 bridgehead atoms. The van der Waals surface area contributed by atoms with Crippen molar-refractivity contribution >= 4 is 11.6 Å². The van der Waals surface area contributed by atoms with Gasteiger partial charge in [0.2, 0.25) is 0 Å². The van der Waals surface area contributed by atoms with Crippen LogP contribution in [-0.2, 0) is 12.0 Å². The van der Waals surface area contributed by atoms with E-state index in [0.29, 0.717) is 5.56 Å². The number of nitrogens with zero attached hydrogens (tertiary/aromatic N) is 3. The molecular formula is C17H17N5O. The van der Waals surface area contributed by atoms with E-state index in [1.165, 1.54) is 0 Å². The van der Waals surface area contributed by atoms with Crippen LogP contribution in [0.1, 0.15) is 29.9 Å². The number of imidazole rings is 1. The predicted molar refractivity (Wildman–Crippen MR) is 87.2 cm³/mol. The largest absolute Gasteiger partial charge is 0.364 e. The molecule has 1 amide bonds. The molecule has 0 unspecified atom stereocenters. The maximum absolute atomic E-state index is 12.7. The summed E-state index contributed by atoms with van der Waals surface area (Å²) in [5.74, 6) is 0.681. The zero-order valence-electron chi connectivity index (χ0n) is 13.0. The third kappa shape index (κ3) is 2.14. The summed E-state index contributed by atoms with van der Waals surface area (Å²) < 4.78 is 2.13. The number of anilines is 1. The molecule has 0 atom stereocenters. The summed E-state index contributed by atoms with van der Waals surface area (Å²) in [4.78, 5) is 24.3. The molecular weight excluding hydrogens is 290 g/mol. The van der Waals surface area contributed by atoms with Crippen LogP contribution < -0.4 is 5.32 Å². The lowest BCUT2D eigenvalue weighted by Crippen LogP contribution is -2.33. The van der Waals surface area contributed by atoms with Crippen molar-refractivity contribution < 1.29 is 4.79 Å². The molecule has 0 fully saturated rings. The second kappa shape index (κ2) is 4.81. The van der Waals surface area contributed by atoms with E-state index in [4.69, 9.17) is 0 Å². The highest BCUT2D eigenvalue weighted by molar-refractivity contribution is 6.08. The van der Waals surface area contributed by atoms with Gasteiger partial charge in [0.1, 0.15) is 5.82 Å². The zero-order chi connectivity index (χ0) is 16.0. The van der Waals surface area contributed by atoms with Gasteiger partial charge in [0.25, 0.3) is 5.91 Å². The highest BCUT2D eigenvalue weighted by atomic mass is 16.1. The number of aromatic amines is 1. The molecule has 4 heterocycles. The molecule has 6 nitrogen and oxygen atoms in total. The van der Waals surface area contributed by atoms with Crippen molar-refractivity contribution in [2.24, 2.45) is 0 Å². The Balaban J connectivity index is 1.75. The van der Waals surface area contributed by atoms with Crippen LogP contribution in [0, 0.1) is 0 Å². The molecule has 0 saturated carbocycles. The standard InChI is InChI=1S/C17H17N5O/c1-17(2)9-13-14(15-19-7-8-22(15)17)12(10-20-13)16(23)21-11-3-5-18-6-4-11/h3-8,10,20H,9H2,1-2H3,(H,18,21,23). The summed E-state index contributed by atoms with van der Waals surface area (Å²) in [6.45, 7) is 4.33. The lowest BCUT2D eigenvalue weighted by atomic mass is 9.90. The van der Waals surface area contributed by atoms with Gasteiger partial charge >= 0.3 is 0 Å². The molecule has 116 valence electrons. The Morgan fingerprint density at radius 3 is 2.87 bits per heavy atom. The number of aromatic nitrogens is 4. The van der Waals surface area contributed by atoms with E-state index < -0.39 is 0 Å². The first-order chi connectivity index (χ1) is 11.1. The highest BCUT2D eigenvalue weighted by Gasteiger charge is 2.34. The van der Waals surface area contributed by atoms with E-state index >= 15 is 0 Å². The van der Waals surface area contributed by atoms with Crippen LogP contribution in [0.5, 0.6) is 0 Å². The third-order valence-electron chi connectivity index (χ3n) is 4.27. The van der Waals surface area contributed by atoms with Crippen molar-refractivity contribution in [3.05, 3.63) is 54.4 Å². The van der Waals surface area contributed by atoms with Gasteiger partial charge in [-0.2, -0.15) is 0 Å². The van der Waals surface area contributed by atoms with E-state index in [9.17, 15) is 4.79 Å². The summed E-state index contributed by atoms with van der Waals surface area (Å²) in [7, 11) is 0. The lowest BCUT2D eigenvalue weighted by Gasteiger charge is -2.32. The van der Waals surface area contributed by atoms with Crippen LogP contribution in [0.2, 0.25) is 0 Å². The molecule has 2 N–H and O–H groups in total. The Hall–Kier alpha value is -2.89. The average molecular weight is 307 g/mol. The Morgan fingerprint density at radius 2 is 2.09 bits per heavy atom. The molecule has 4 rings (SSSR count). The first-order valence-electron chi connectivity index (χ1n) is 7.52. The normalized spacial score (nSPS) is 14.9. The molecule has 3 aromatic heterocycles. The van der Waals surface area contributed by atoms with Gasteiger partial charge in [0, 0.05) is 54.3 Å². The smallest absolute Gasteiger partial charge is 0.257 e. The number of pyridine rings is 1. The molecule has 0 radical (unpaired) electrons. The van der Waals surface area contributed by atoms with E-state index in [2.05, 4.69) is 38.7 Å². The second-order valence-electron chi connectivity index (χ2n) is 6.36. The number of hydrogen-bond donors (Lipinski definition) is 2. The quantitative estimate of drug-likeness (QED) is 0.764. The van der Waals surface area contributed by atoms with Crippen molar-refractivity contribution in [2.45, 2.75) is 25.8 Å². The van der Waals surface area contributed by atoms with Gasteiger partial charge in [0.15, 0.2) is 0 Å². The minimum absolute atomic E-state index is 0.0669. The maximum atomic E-state index is 12.7. The molecule has 23 heavy (non-hydrogen) atoms. The van der Waals surface area contributed by atoms with Gasteiger partial charge in [-0.15, -0.1) is 0 Å². The Labute approximate surface area is 133 Å². The highest BCUT2D eigenvalue weighted by Crippen LogP contribution is 2.38. The van der Waals surface area contributed by atoms with Crippen LogP contribution in [0.25, 0.3) is 11.4 Å². The van der Waals surface area contributed by atoms with Crippen molar-refractivity contribution in [3.63, 3.8) is 0 Å². The fourth-order valence-electron chi connectivity index (χ4n) is 3.17. The van der Waals surface area contributed by atoms with Crippen molar-refractivity contribution in [1.82, 2.24) is 19.5 Å². The van der Waals surface area contributed by atoms with Crippen molar-refractivity contribution in [3.8, 4) is 11.4 Å². The Kier molecular flexibility index (Phi) is 2.87. The van der Waals surface area contributed by atoms with Crippen LogP contribution in [-0.4, -0.2) is 25.4 Å². The van der Waals surface area contributed by atoms with Gasteiger partial charge < -0.3 is 14.9 Å². The third-order valence-corrected chi connectivity index (χ3v) is 4.27. The topological polar surface area (TPSA) is 75.6 Å². The number of nitrogens with one attached hydrogen (secondary N) is 2. The van der Waals surface area contributed by atoms with Crippen molar-refractivity contribution in [2.75, 3.05) is 5.32 Å². The molecule has 1 aliphatic rings. The predicted octanol–water partition coefficient (Wildman–Crippen LogP) is 2.82. The van der Waals surface area contributed by atoms with Gasteiger partial charge in [-0.05, 0) is 26.0 Å². The fourth-order valence-corrected chi connectivity index (χ4v) is 3.17. The van der Waals surface area contributed by atoms with Crippen LogP contribution in [0.3, 0.4) is 0 Å². The van der Waals surface area contributed by atoms with Crippen LogP contribution in [0.4, 0.5) is 5.69 Å². The minimum atomic E-state index is -0.150. The van der Waals surface area contributed by atoms with Crippen LogP contribution >= 0.6 is 0 Å². The summed E-state index contributed by atoms with van der Waals surface area (Å²) in [5.41, 5.74) is 3.20. The van der Waals surface area contributed by atoms with E-state index in [-0.39, 0.29) is 11.4 Å². The summed E-state index contributed by atoms with van der Waals surface area (Å²) in [6.07, 6.45) is 9.64. The number of amides is 1. The number of carbonyl (C=O) groups is 1. The lowest BCUT2D eigenvalue weighted by molar-refractivity contribution is 0.102. The van der Waals surface area contributed by atoms with Gasteiger partial charge in [-0.1, -0.05) is 0 Å². The van der Waals surface area contributed by atoms with E-state index in [1.807, 2.05) is 6.20 Å². The van der Waals surface area contributed by atoms with E-state index in [1.54, 1.807) is 36.9 Å². The molecule has 0 aliphatic carbocycles. The summed E-state index contributed by atoms with van der Waals surface area (Å²) in [6, 6.07) is 3.53. The van der Waals surface area contributed by atoms with Crippen LogP contribution in [0.15, 0.2) is 43.1 Å². The second-order valence-corrected chi connectivity index (χ2v) is 6.36. The number of H-pyrrole nitrogens is 1. The summed E-state index contributed by atoms with van der Waals surface area (Å²) >= 11 is 0. The van der Waals surface area contributed by atoms with E-state index in [0.717, 1.165) is 29.2 Å². The average Bonchev–Trinajstić information content (AvgIpc) is 3.14. The monoisotopic (exact) mass is 307 g/mol. The molecule has 6 heteroatoms. The maximum Gasteiger partial charge on any atom is 0.257 e. The molecule has 1 aliphatic heterocycles.